The van der Waals surface area contributed by atoms with Crippen LogP contribution < -0.4 is 5.32 Å². The summed E-state index contributed by atoms with van der Waals surface area (Å²) in [6.07, 6.45) is 1.73. The Labute approximate surface area is 99.5 Å². The standard InChI is InChI=1S/C10H16ClN3S/c1-7-4-14(5-8(2)13-7)6-10-12-3-9(11)15-10/h3,7-8,13H,4-6H2,1-2H3. The maximum absolute atomic E-state index is 5.86. The van der Waals surface area contributed by atoms with Gasteiger partial charge in [0.25, 0.3) is 0 Å². The van der Waals surface area contributed by atoms with E-state index < -0.39 is 0 Å². The number of hydrogen-bond donors (Lipinski definition) is 1. The van der Waals surface area contributed by atoms with Gasteiger partial charge in [0, 0.05) is 25.2 Å². The lowest BCUT2D eigenvalue weighted by molar-refractivity contribution is 0.166. The van der Waals surface area contributed by atoms with Crippen molar-refractivity contribution in [2.24, 2.45) is 0 Å². The van der Waals surface area contributed by atoms with Gasteiger partial charge in [-0.15, -0.1) is 11.3 Å². The molecule has 1 aliphatic rings. The molecule has 2 unspecified atom stereocenters. The fraction of sp³-hybridized carbons (Fsp3) is 0.700. The maximum atomic E-state index is 5.86. The Morgan fingerprint density at radius 1 is 1.53 bits per heavy atom. The molecule has 3 nitrogen and oxygen atoms in total. The second kappa shape index (κ2) is 4.78. The average Bonchev–Trinajstić information content (AvgIpc) is 2.49. The van der Waals surface area contributed by atoms with Crippen LogP contribution in [0.1, 0.15) is 18.9 Å². The lowest BCUT2D eigenvalue weighted by Gasteiger charge is -2.35. The molecule has 0 aromatic carbocycles. The molecule has 84 valence electrons. The Balaban J connectivity index is 1.94. The average molecular weight is 246 g/mol. The van der Waals surface area contributed by atoms with Gasteiger partial charge >= 0.3 is 0 Å². The third-order valence-corrected chi connectivity index (χ3v) is 3.62. The molecule has 1 aromatic heterocycles. The molecule has 2 rings (SSSR count). The molecule has 0 radical (unpaired) electrons. The Morgan fingerprint density at radius 2 is 2.20 bits per heavy atom. The second-order valence-electron chi connectivity index (χ2n) is 4.22. The number of piperazine rings is 1. The van der Waals surface area contributed by atoms with Gasteiger partial charge in [0.2, 0.25) is 0 Å². The Bertz CT molecular complexity index is 318. The number of halogens is 1. The summed E-state index contributed by atoms with van der Waals surface area (Å²) in [7, 11) is 0. The predicted octanol–water partition coefficient (Wildman–Crippen LogP) is 1.98. The fourth-order valence-corrected chi connectivity index (χ4v) is 3.12. The first-order chi connectivity index (χ1) is 7.13. The quantitative estimate of drug-likeness (QED) is 0.864. The van der Waals surface area contributed by atoms with Crippen LogP contribution in [0.5, 0.6) is 0 Å². The van der Waals surface area contributed by atoms with E-state index in [9.17, 15) is 0 Å². The van der Waals surface area contributed by atoms with Crippen molar-refractivity contribution in [3.63, 3.8) is 0 Å². The summed E-state index contributed by atoms with van der Waals surface area (Å²) in [6.45, 7) is 7.53. The highest BCUT2D eigenvalue weighted by Gasteiger charge is 2.21. The third kappa shape index (κ3) is 3.14. The first-order valence-corrected chi connectivity index (χ1v) is 6.41. The molecule has 1 N–H and O–H groups in total. The lowest BCUT2D eigenvalue weighted by Crippen LogP contribution is -2.53. The summed E-state index contributed by atoms with van der Waals surface area (Å²) in [5.74, 6) is 0. The van der Waals surface area contributed by atoms with Gasteiger partial charge in [-0.1, -0.05) is 11.6 Å². The summed E-state index contributed by atoms with van der Waals surface area (Å²) in [5.41, 5.74) is 0. The van der Waals surface area contributed by atoms with Gasteiger partial charge in [-0.05, 0) is 13.8 Å². The largest absolute Gasteiger partial charge is 0.309 e. The molecular weight excluding hydrogens is 230 g/mol. The van der Waals surface area contributed by atoms with Gasteiger partial charge in [-0.2, -0.15) is 0 Å². The van der Waals surface area contributed by atoms with Gasteiger partial charge in [0.1, 0.15) is 9.34 Å². The van der Waals surface area contributed by atoms with Gasteiger partial charge in [0.15, 0.2) is 0 Å². The topological polar surface area (TPSA) is 28.2 Å². The van der Waals surface area contributed by atoms with E-state index in [0.717, 1.165) is 29.0 Å². The molecule has 1 fully saturated rings. The van der Waals surface area contributed by atoms with Gasteiger partial charge in [-0.25, -0.2) is 4.98 Å². The molecule has 0 saturated carbocycles. The van der Waals surface area contributed by atoms with Crippen molar-refractivity contribution in [3.05, 3.63) is 15.5 Å². The van der Waals surface area contributed by atoms with E-state index in [2.05, 4.69) is 29.0 Å². The van der Waals surface area contributed by atoms with Gasteiger partial charge < -0.3 is 5.32 Å². The Morgan fingerprint density at radius 3 is 2.73 bits per heavy atom. The molecule has 0 aliphatic carbocycles. The summed E-state index contributed by atoms with van der Waals surface area (Å²) in [6, 6.07) is 1.12. The minimum Gasteiger partial charge on any atom is -0.309 e. The Hall–Kier alpha value is -0.160. The van der Waals surface area contributed by atoms with Crippen LogP contribution in [0.4, 0.5) is 0 Å². The molecule has 0 bridgehead atoms. The van der Waals surface area contributed by atoms with Crippen molar-refractivity contribution in [2.45, 2.75) is 32.5 Å². The van der Waals surface area contributed by atoms with Crippen LogP contribution in [0.3, 0.4) is 0 Å². The molecule has 1 saturated heterocycles. The molecule has 2 atom stereocenters. The van der Waals surface area contributed by atoms with E-state index in [1.165, 1.54) is 0 Å². The van der Waals surface area contributed by atoms with Gasteiger partial charge in [-0.3, -0.25) is 4.90 Å². The zero-order valence-corrected chi connectivity index (χ0v) is 10.6. The highest BCUT2D eigenvalue weighted by molar-refractivity contribution is 7.15. The molecule has 1 aromatic rings. The minimum atomic E-state index is 0.559. The van der Waals surface area contributed by atoms with Crippen molar-refractivity contribution < 1.29 is 0 Å². The van der Waals surface area contributed by atoms with Crippen molar-refractivity contribution in [3.8, 4) is 0 Å². The summed E-state index contributed by atoms with van der Waals surface area (Å²) >= 11 is 7.44. The highest BCUT2D eigenvalue weighted by Crippen LogP contribution is 2.20. The maximum Gasteiger partial charge on any atom is 0.113 e. The smallest absolute Gasteiger partial charge is 0.113 e. The number of hydrogen-bond acceptors (Lipinski definition) is 4. The van der Waals surface area contributed by atoms with Crippen LogP contribution in [-0.2, 0) is 6.54 Å². The molecular formula is C10H16ClN3S. The van der Waals surface area contributed by atoms with Crippen molar-refractivity contribution in [1.29, 1.82) is 0 Å². The number of nitrogens with zero attached hydrogens (tertiary/aromatic N) is 2. The normalized spacial score (nSPS) is 28.2. The first-order valence-electron chi connectivity index (χ1n) is 5.22. The van der Waals surface area contributed by atoms with Gasteiger partial charge in [0.05, 0.1) is 12.7 Å². The monoisotopic (exact) mass is 245 g/mol. The number of thiazole rings is 1. The SMILES string of the molecule is CC1CN(Cc2ncc(Cl)s2)CC(C)N1. The lowest BCUT2D eigenvalue weighted by atomic mass is 10.1. The van der Waals surface area contributed by atoms with Crippen LogP contribution in [-0.4, -0.2) is 35.1 Å². The van der Waals surface area contributed by atoms with Crippen molar-refractivity contribution >= 4 is 22.9 Å². The van der Waals surface area contributed by atoms with Crippen LogP contribution >= 0.6 is 22.9 Å². The van der Waals surface area contributed by atoms with Crippen molar-refractivity contribution in [2.75, 3.05) is 13.1 Å². The number of nitrogens with one attached hydrogen (secondary N) is 1. The van der Waals surface area contributed by atoms with Crippen LogP contribution in [0.25, 0.3) is 0 Å². The van der Waals surface area contributed by atoms with Crippen LogP contribution in [0.15, 0.2) is 6.20 Å². The van der Waals surface area contributed by atoms with E-state index in [1.54, 1.807) is 17.5 Å². The van der Waals surface area contributed by atoms with E-state index in [-0.39, 0.29) is 0 Å². The number of aromatic nitrogens is 1. The number of rotatable bonds is 2. The molecule has 0 spiro atoms. The molecule has 2 heterocycles. The van der Waals surface area contributed by atoms with E-state index in [1.807, 2.05) is 0 Å². The third-order valence-electron chi connectivity index (χ3n) is 2.52. The molecule has 1 aliphatic heterocycles. The predicted molar refractivity (Wildman–Crippen MR) is 64.5 cm³/mol. The minimum absolute atomic E-state index is 0.559. The fourth-order valence-electron chi connectivity index (χ4n) is 2.12. The Kier molecular flexibility index (Phi) is 3.61. The molecule has 0 amide bonds. The first kappa shape index (κ1) is 11.3. The zero-order valence-electron chi connectivity index (χ0n) is 9.03. The van der Waals surface area contributed by atoms with E-state index in [0.29, 0.717) is 12.1 Å². The molecule has 15 heavy (non-hydrogen) atoms. The van der Waals surface area contributed by atoms with Crippen molar-refractivity contribution in [1.82, 2.24) is 15.2 Å². The second-order valence-corrected chi connectivity index (χ2v) is 5.97. The summed E-state index contributed by atoms with van der Waals surface area (Å²) < 4.78 is 0.779. The van der Waals surface area contributed by atoms with Crippen LogP contribution in [0, 0.1) is 0 Å². The summed E-state index contributed by atoms with van der Waals surface area (Å²) in [5, 5.41) is 4.63. The highest BCUT2D eigenvalue weighted by atomic mass is 35.5. The molecule has 5 heteroatoms. The van der Waals surface area contributed by atoms with Crippen LogP contribution in [0.2, 0.25) is 4.34 Å². The van der Waals surface area contributed by atoms with E-state index in [4.69, 9.17) is 11.6 Å². The van der Waals surface area contributed by atoms with E-state index >= 15 is 0 Å². The summed E-state index contributed by atoms with van der Waals surface area (Å²) in [4.78, 5) is 6.72. The zero-order chi connectivity index (χ0) is 10.8.